The number of aromatic nitrogens is 3. The Morgan fingerprint density at radius 3 is 3.40 bits per heavy atom. The first-order valence-corrected chi connectivity index (χ1v) is 2.83. The summed E-state index contributed by atoms with van der Waals surface area (Å²) in [6.07, 6.45) is 3.19. The molecule has 2 aromatic heterocycles. The van der Waals surface area contributed by atoms with Gasteiger partial charge in [-0.2, -0.15) is 5.10 Å². The molecule has 0 saturated carbocycles. The van der Waals surface area contributed by atoms with Crippen LogP contribution in [0.2, 0.25) is 0 Å². The molecule has 10 heavy (non-hydrogen) atoms. The van der Waals surface area contributed by atoms with Crippen LogP contribution in [0.4, 0.5) is 0 Å². The molecule has 0 amide bonds. The summed E-state index contributed by atoms with van der Waals surface area (Å²) in [5.41, 5.74) is 1.53. The molecule has 0 radical (unpaired) electrons. The Hall–Kier alpha value is -1.58. The Bertz CT molecular complexity index is 360. The van der Waals surface area contributed by atoms with Gasteiger partial charge in [0.2, 0.25) is 0 Å². The van der Waals surface area contributed by atoms with E-state index in [0.29, 0.717) is 5.76 Å². The molecule has 0 spiro atoms. The minimum atomic E-state index is 0.632. The fourth-order valence-electron chi connectivity index (χ4n) is 0.814. The fourth-order valence-corrected chi connectivity index (χ4v) is 0.814. The smallest absolute Gasteiger partial charge is 0.184 e. The average Bonchev–Trinajstić information content (AvgIpc) is 2.44. The zero-order chi connectivity index (χ0) is 6.97. The van der Waals surface area contributed by atoms with E-state index < -0.39 is 0 Å². The van der Waals surface area contributed by atoms with Crippen LogP contribution in [0.15, 0.2) is 17.3 Å². The van der Waals surface area contributed by atoms with E-state index in [1.54, 1.807) is 12.3 Å². The van der Waals surface area contributed by atoms with E-state index >= 15 is 0 Å². The lowest BCUT2D eigenvalue weighted by molar-refractivity contribution is 0.420. The van der Waals surface area contributed by atoms with E-state index in [2.05, 4.69) is 21.9 Å². The average molecular weight is 135 g/mol. The van der Waals surface area contributed by atoms with E-state index in [1.807, 2.05) is 0 Å². The van der Waals surface area contributed by atoms with Crippen molar-refractivity contribution in [2.24, 2.45) is 0 Å². The van der Waals surface area contributed by atoms with Crippen molar-refractivity contribution in [3.63, 3.8) is 0 Å². The topological polar surface area (TPSA) is 54.7 Å². The van der Waals surface area contributed by atoms with Crippen LogP contribution in [-0.4, -0.2) is 15.4 Å². The highest BCUT2D eigenvalue weighted by Gasteiger charge is 2.04. The molecule has 1 N–H and O–H groups in total. The van der Waals surface area contributed by atoms with Crippen molar-refractivity contribution >= 4 is 17.1 Å². The predicted octanol–water partition coefficient (Wildman–Crippen LogP) is 1.19. The van der Waals surface area contributed by atoms with Gasteiger partial charge in [0.25, 0.3) is 0 Å². The van der Waals surface area contributed by atoms with E-state index in [1.165, 1.54) is 0 Å². The normalized spacial score (nSPS) is 10.4. The van der Waals surface area contributed by atoms with Gasteiger partial charge in [-0.25, -0.2) is 0 Å². The molecule has 4 nitrogen and oxygen atoms in total. The third-order valence-corrected chi connectivity index (χ3v) is 1.29. The van der Waals surface area contributed by atoms with Crippen LogP contribution in [0, 0.1) is 0 Å². The van der Waals surface area contributed by atoms with Crippen LogP contribution in [0.3, 0.4) is 0 Å². The third kappa shape index (κ3) is 0.500. The van der Waals surface area contributed by atoms with Gasteiger partial charge in [0.15, 0.2) is 11.3 Å². The minimum Gasteiger partial charge on any atom is -0.354 e. The maximum absolute atomic E-state index is 4.86. The van der Waals surface area contributed by atoms with E-state index in [9.17, 15) is 0 Å². The molecule has 50 valence electrons. The van der Waals surface area contributed by atoms with Crippen molar-refractivity contribution in [2.45, 2.75) is 0 Å². The molecule has 0 saturated heterocycles. The van der Waals surface area contributed by atoms with Gasteiger partial charge in [-0.1, -0.05) is 11.7 Å². The summed E-state index contributed by atoms with van der Waals surface area (Å²) in [6.45, 7) is 3.55. The Morgan fingerprint density at radius 1 is 1.70 bits per heavy atom. The summed E-state index contributed by atoms with van der Waals surface area (Å²) in [4.78, 5) is 0. The van der Waals surface area contributed by atoms with Crippen LogP contribution in [0.25, 0.3) is 17.1 Å². The first-order chi connectivity index (χ1) is 4.92. The molecule has 0 aromatic carbocycles. The number of nitrogens with one attached hydrogen (secondary N) is 1. The zero-order valence-corrected chi connectivity index (χ0v) is 5.16. The quantitative estimate of drug-likeness (QED) is 0.639. The molecule has 0 atom stereocenters. The second-order valence-corrected chi connectivity index (χ2v) is 1.88. The van der Waals surface area contributed by atoms with Crippen LogP contribution in [0.1, 0.15) is 5.76 Å². The van der Waals surface area contributed by atoms with Gasteiger partial charge < -0.3 is 4.52 Å². The largest absolute Gasteiger partial charge is 0.354 e. The summed E-state index contributed by atoms with van der Waals surface area (Å²) < 4.78 is 4.86. The Labute approximate surface area is 56.5 Å². The van der Waals surface area contributed by atoms with Gasteiger partial charge >= 0.3 is 0 Å². The van der Waals surface area contributed by atoms with Gasteiger partial charge in [-0.3, -0.25) is 5.10 Å². The molecule has 4 heteroatoms. The van der Waals surface area contributed by atoms with Gasteiger partial charge in [-0.05, 0) is 6.08 Å². The Kier molecular flexibility index (Phi) is 0.887. The number of aromatic amines is 1. The molecule has 0 bridgehead atoms. The van der Waals surface area contributed by atoms with Crippen LogP contribution in [0.5, 0.6) is 0 Å². The highest BCUT2D eigenvalue weighted by Crippen LogP contribution is 2.14. The standard InChI is InChI=1S/C6H5N3O/c1-2-5-6-4(9-10-5)3-7-8-6/h2-3,8H,1H2. The van der Waals surface area contributed by atoms with Crippen LogP contribution < -0.4 is 0 Å². The fraction of sp³-hybridized carbons (Fsp3) is 0. The third-order valence-electron chi connectivity index (χ3n) is 1.29. The lowest BCUT2D eigenvalue weighted by Crippen LogP contribution is -1.67. The zero-order valence-electron chi connectivity index (χ0n) is 5.16. The maximum Gasteiger partial charge on any atom is 0.184 e. The number of fused-ring (bicyclic) bond motifs is 1. The van der Waals surface area contributed by atoms with E-state index in [4.69, 9.17) is 4.52 Å². The number of nitrogens with zero attached hydrogens (tertiary/aromatic N) is 2. The van der Waals surface area contributed by atoms with E-state index in [0.717, 1.165) is 11.0 Å². The first kappa shape index (κ1) is 5.22. The Morgan fingerprint density at radius 2 is 2.60 bits per heavy atom. The number of hydrogen-bond acceptors (Lipinski definition) is 3. The molecule has 2 aromatic rings. The lowest BCUT2D eigenvalue weighted by atomic mass is 10.4. The minimum absolute atomic E-state index is 0.632. The number of H-pyrrole nitrogens is 1. The molecule has 0 aliphatic heterocycles. The molecule has 0 aliphatic carbocycles. The highest BCUT2D eigenvalue weighted by molar-refractivity contribution is 5.80. The van der Waals surface area contributed by atoms with Crippen molar-refractivity contribution in [3.8, 4) is 0 Å². The molecular formula is C6H5N3O. The Balaban J connectivity index is 2.88. The first-order valence-electron chi connectivity index (χ1n) is 2.83. The van der Waals surface area contributed by atoms with Crippen molar-refractivity contribution in [1.82, 2.24) is 15.4 Å². The van der Waals surface area contributed by atoms with Crippen molar-refractivity contribution in [1.29, 1.82) is 0 Å². The van der Waals surface area contributed by atoms with Crippen molar-refractivity contribution in [3.05, 3.63) is 18.5 Å². The summed E-state index contributed by atoms with van der Waals surface area (Å²) >= 11 is 0. The summed E-state index contributed by atoms with van der Waals surface area (Å²) in [5, 5.41) is 10.2. The van der Waals surface area contributed by atoms with Crippen molar-refractivity contribution < 1.29 is 4.52 Å². The van der Waals surface area contributed by atoms with Crippen LogP contribution >= 0.6 is 0 Å². The second kappa shape index (κ2) is 1.70. The SMILES string of the molecule is C=Cc1onc2cn[nH]c12. The molecular weight excluding hydrogens is 130 g/mol. The van der Waals surface area contributed by atoms with Gasteiger partial charge in [-0.15, -0.1) is 0 Å². The molecule has 2 heterocycles. The van der Waals surface area contributed by atoms with Crippen molar-refractivity contribution in [2.75, 3.05) is 0 Å². The van der Waals surface area contributed by atoms with Crippen LogP contribution in [-0.2, 0) is 0 Å². The molecule has 0 unspecified atom stereocenters. The van der Waals surface area contributed by atoms with Gasteiger partial charge in [0.05, 0.1) is 6.20 Å². The van der Waals surface area contributed by atoms with Gasteiger partial charge in [0.1, 0.15) is 5.52 Å². The van der Waals surface area contributed by atoms with Gasteiger partial charge in [0, 0.05) is 0 Å². The number of hydrogen-bond donors (Lipinski definition) is 1. The lowest BCUT2D eigenvalue weighted by Gasteiger charge is -1.76. The highest BCUT2D eigenvalue weighted by atomic mass is 16.5. The molecule has 2 rings (SSSR count). The number of rotatable bonds is 1. The summed E-state index contributed by atoms with van der Waals surface area (Å²) in [7, 11) is 0. The predicted molar refractivity (Wildman–Crippen MR) is 36.2 cm³/mol. The molecule has 0 aliphatic rings. The second-order valence-electron chi connectivity index (χ2n) is 1.88. The monoisotopic (exact) mass is 135 g/mol. The summed E-state index contributed by atoms with van der Waals surface area (Å²) in [5.74, 6) is 0.632. The maximum atomic E-state index is 4.86. The molecule has 0 fully saturated rings. The van der Waals surface area contributed by atoms with E-state index in [-0.39, 0.29) is 0 Å². The summed E-state index contributed by atoms with van der Waals surface area (Å²) in [6, 6.07) is 0.